The molecule has 2 aromatic heterocycles. The van der Waals surface area contributed by atoms with Crippen molar-refractivity contribution in [2.24, 2.45) is 0 Å². The van der Waals surface area contributed by atoms with Crippen LogP contribution >= 0.6 is 0 Å². The van der Waals surface area contributed by atoms with E-state index in [1.165, 1.54) is 6.20 Å². The van der Waals surface area contributed by atoms with E-state index in [2.05, 4.69) is 10.1 Å². The van der Waals surface area contributed by atoms with Crippen LogP contribution in [0, 0.1) is 0 Å². The third-order valence-corrected chi connectivity index (χ3v) is 2.38. The second-order valence-electron chi connectivity index (χ2n) is 3.83. The third kappa shape index (κ3) is 3.02. The van der Waals surface area contributed by atoms with Gasteiger partial charge in [0, 0.05) is 0 Å². The van der Waals surface area contributed by atoms with Crippen LogP contribution in [0.25, 0.3) is 6.01 Å². The van der Waals surface area contributed by atoms with E-state index in [-0.39, 0.29) is 36.3 Å². The van der Waals surface area contributed by atoms with Gasteiger partial charge in [-0.15, -0.1) is 0 Å². The Morgan fingerprint density at radius 2 is 1.95 bits per heavy atom. The minimum absolute atomic E-state index is 0.00129. The van der Waals surface area contributed by atoms with Crippen molar-refractivity contribution in [3.63, 3.8) is 0 Å². The summed E-state index contributed by atoms with van der Waals surface area (Å²) in [5, 5.41) is 3.93. The zero-order valence-corrected chi connectivity index (χ0v) is 11.5. The van der Waals surface area contributed by atoms with Gasteiger partial charge in [-0.25, -0.2) is 9.59 Å². The summed E-state index contributed by atoms with van der Waals surface area (Å²) in [7, 11) is 0. The van der Waals surface area contributed by atoms with Crippen LogP contribution in [-0.2, 0) is 9.47 Å². The van der Waals surface area contributed by atoms with Crippen LogP contribution in [0.4, 0.5) is 5.69 Å². The molecular weight excluding hydrogens is 280 g/mol. The summed E-state index contributed by atoms with van der Waals surface area (Å²) in [6.07, 6.45) is 2.47. The van der Waals surface area contributed by atoms with Crippen LogP contribution in [0.3, 0.4) is 0 Å². The zero-order chi connectivity index (χ0) is 15.4. The van der Waals surface area contributed by atoms with Gasteiger partial charge >= 0.3 is 18.0 Å². The molecule has 0 saturated carbocycles. The molecule has 2 rings (SSSR count). The molecule has 0 radical (unpaired) electrons. The molecule has 0 aliphatic rings. The van der Waals surface area contributed by atoms with E-state index in [4.69, 9.17) is 19.6 Å². The highest BCUT2D eigenvalue weighted by Gasteiger charge is 2.20. The van der Waals surface area contributed by atoms with Gasteiger partial charge in [-0.05, 0) is 13.8 Å². The van der Waals surface area contributed by atoms with Crippen LogP contribution in [0.15, 0.2) is 16.9 Å². The van der Waals surface area contributed by atoms with Gasteiger partial charge in [0.2, 0.25) is 0 Å². The Balaban J connectivity index is 2.25. The maximum atomic E-state index is 11.6. The summed E-state index contributed by atoms with van der Waals surface area (Å²) < 4.78 is 15.8. The Labute approximate surface area is 119 Å². The highest BCUT2D eigenvalue weighted by molar-refractivity contribution is 5.92. The lowest BCUT2D eigenvalue weighted by Crippen LogP contribution is -2.09. The van der Waals surface area contributed by atoms with Crippen molar-refractivity contribution >= 4 is 17.6 Å². The first kappa shape index (κ1) is 14.6. The summed E-state index contributed by atoms with van der Waals surface area (Å²) in [6, 6.07) is -0.0136. The molecule has 2 aromatic rings. The number of carbonyl (C=O) groups is 2. The van der Waals surface area contributed by atoms with Gasteiger partial charge in [-0.2, -0.15) is 14.8 Å². The largest absolute Gasteiger partial charge is 0.461 e. The van der Waals surface area contributed by atoms with Gasteiger partial charge in [0.1, 0.15) is 6.26 Å². The van der Waals surface area contributed by atoms with E-state index in [1.54, 1.807) is 13.8 Å². The van der Waals surface area contributed by atoms with E-state index in [1.807, 2.05) is 0 Å². The number of rotatable bonds is 5. The number of oxazole rings is 1. The number of anilines is 1. The molecule has 2 N–H and O–H groups in total. The molecular formula is C12H14N4O5. The molecule has 0 atom stereocenters. The van der Waals surface area contributed by atoms with Gasteiger partial charge in [0.05, 0.1) is 25.1 Å². The molecule has 9 heteroatoms. The number of esters is 2. The Hall–Kier alpha value is -2.84. The van der Waals surface area contributed by atoms with Crippen molar-refractivity contribution in [2.45, 2.75) is 13.8 Å². The molecule has 0 fully saturated rings. The van der Waals surface area contributed by atoms with Crippen molar-refractivity contribution < 1.29 is 23.5 Å². The lowest BCUT2D eigenvalue weighted by molar-refractivity contribution is 0.0509. The van der Waals surface area contributed by atoms with Crippen LogP contribution in [0.1, 0.15) is 34.8 Å². The molecule has 0 spiro atoms. The molecule has 9 nitrogen and oxygen atoms in total. The lowest BCUT2D eigenvalue weighted by Gasteiger charge is -1.97. The summed E-state index contributed by atoms with van der Waals surface area (Å²) in [6.45, 7) is 3.78. The van der Waals surface area contributed by atoms with Gasteiger partial charge in [0.25, 0.3) is 0 Å². The second-order valence-corrected chi connectivity index (χ2v) is 3.83. The summed E-state index contributed by atoms with van der Waals surface area (Å²) in [5.74, 6) is -1.26. The Morgan fingerprint density at radius 1 is 1.29 bits per heavy atom. The average molecular weight is 294 g/mol. The standard InChI is InChI=1S/C12H14N4O5/c1-3-19-10(17)8-6-21-12(14-8)16-5-7(13)9(15-16)11(18)20-4-2/h5-6H,3-4,13H2,1-2H3. The van der Waals surface area contributed by atoms with Crippen molar-refractivity contribution in [3.05, 3.63) is 23.8 Å². The molecule has 0 aromatic carbocycles. The molecule has 0 aliphatic carbocycles. The number of hydrogen-bond acceptors (Lipinski definition) is 8. The molecule has 2 heterocycles. The molecule has 0 saturated heterocycles. The van der Waals surface area contributed by atoms with Gasteiger partial charge < -0.3 is 19.6 Å². The molecule has 0 bridgehead atoms. The van der Waals surface area contributed by atoms with Crippen molar-refractivity contribution in [1.82, 2.24) is 14.8 Å². The first-order chi connectivity index (χ1) is 10.1. The monoisotopic (exact) mass is 294 g/mol. The van der Waals surface area contributed by atoms with Crippen LogP contribution in [0.5, 0.6) is 0 Å². The smallest absolute Gasteiger partial charge is 0.361 e. The average Bonchev–Trinajstić information content (AvgIpc) is 3.05. The van der Waals surface area contributed by atoms with E-state index < -0.39 is 11.9 Å². The number of nitrogens with two attached hydrogens (primary N) is 1. The fourth-order valence-electron chi connectivity index (χ4n) is 1.51. The number of nitrogens with zero attached hydrogens (tertiary/aromatic N) is 3. The maximum absolute atomic E-state index is 11.6. The SMILES string of the molecule is CCOC(=O)c1coc(-n2cc(N)c(C(=O)OCC)n2)n1. The first-order valence-corrected chi connectivity index (χ1v) is 6.22. The predicted octanol–water partition coefficient (Wildman–Crippen LogP) is 0.796. The minimum atomic E-state index is -0.647. The highest BCUT2D eigenvalue weighted by atomic mass is 16.5. The lowest BCUT2D eigenvalue weighted by atomic mass is 10.4. The number of aromatic nitrogens is 3. The van der Waals surface area contributed by atoms with E-state index >= 15 is 0 Å². The normalized spacial score (nSPS) is 10.4. The first-order valence-electron chi connectivity index (χ1n) is 6.22. The Bertz CT molecular complexity index is 660. The fourth-order valence-corrected chi connectivity index (χ4v) is 1.51. The zero-order valence-electron chi connectivity index (χ0n) is 11.5. The van der Waals surface area contributed by atoms with Crippen LogP contribution in [-0.4, -0.2) is 39.9 Å². The summed E-state index contributed by atoms with van der Waals surface area (Å²) >= 11 is 0. The number of nitrogen functional groups attached to an aromatic ring is 1. The topological polar surface area (TPSA) is 122 Å². The van der Waals surface area contributed by atoms with Crippen LogP contribution < -0.4 is 5.73 Å². The minimum Gasteiger partial charge on any atom is -0.461 e. The van der Waals surface area contributed by atoms with Crippen molar-refractivity contribution in [1.29, 1.82) is 0 Å². The fraction of sp³-hybridized carbons (Fsp3) is 0.333. The van der Waals surface area contributed by atoms with Gasteiger partial charge in [-0.3, -0.25) is 0 Å². The molecule has 0 amide bonds. The molecule has 0 unspecified atom stereocenters. The van der Waals surface area contributed by atoms with E-state index in [0.29, 0.717) is 0 Å². The quantitative estimate of drug-likeness (QED) is 0.803. The van der Waals surface area contributed by atoms with Gasteiger partial charge in [-0.1, -0.05) is 0 Å². The Morgan fingerprint density at radius 3 is 2.62 bits per heavy atom. The summed E-state index contributed by atoms with van der Waals surface area (Å²) in [4.78, 5) is 27.0. The number of ether oxygens (including phenoxy) is 2. The van der Waals surface area contributed by atoms with E-state index in [9.17, 15) is 9.59 Å². The summed E-state index contributed by atoms with van der Waals surface area (Å²) in [5.41, 5.74) is 5.74. The van der Waals surface area contributed by atoms with E-state index in [0.717, 1.165) is 10.9 Å². The third-order valence-electron chi connectivity index (χ3n) is 2.38. The second kappa shape index (κ2) is 6.07. The maximum Gasteiger partial charge on any atom is 0.361 e. The Kier molecular flexibility index (Phi) is 4.21. The number of hydrogen-bond donors (Lipinski definition) is 1. The molecule has 0 aliphatic heterocycles. The highest BCUT2D eigenvalue weighted by Crippen LogP contribution is 2.15. The predicted molar refractivity (Wildman–Crippen MR) is 70.0 cm³/mol. The van der Waals surface area contributed by atoms with Crippen molar-refractivity contribution in [3.8, 4) is 6.01 Å². The van der Waals surface area contributed by atoms with Gasteiger partial charge in [0.15, 0.2) is 11.4 Å². The van der Waals surface area contributed by atoms with Crippen LogP contribution in [0.2, 0.25) is 0 Å². The van der Waals surface area contributed by atoms with Crippen molar-refractivity contribution in [2.75, 3.05) is 18.9 Å². The molecule has 21 heavy (non-hydrogen) atoms. The molecule has 112 valence electrons. The number of carbonyl (C=O) groups excluding carboxylic acids is 2.